The number of allylic oxidation sites excluding steroid dienone is 9. The van der Waals surface area contributed by atoms with Gasteiger partial charge in [0.15, 0.2) is 0 Å². The van der Waals surface area contributed by atoms with Gasteiger partial charge < -0.3 is 9.57 Å². The number of nitrogens with one attached hydrogen (secondary N) is 1. The van der Waals surface area contributed by atoms with Crippen molar-refractivity contribution >= 4 is 0 Å². The first-order chi connectivity index (χ1) is 11.6. The third-order valence-electron chi connectivity index (χ3n) is 2.40. The van der Waals surface area contributed by atoms with Crippen molar-refractivity contribution in [1.82, 2.24) is 5.64 Å². The Morgan fingerprint density at radius 3 is 1.71 bits per heavy atom. The third-order valence-corrected chi connectivity index (χ3v) is 2.40. The Morgan fingerprint density at radius 1 is 0.833 bits per heavy atom. The third kappa shape index (κ3) is 13.4. The van der Waals surface area contributed by atoms with Gasteiger partial charge >= 0.3 is 0 Å². The Balaban J connectivity index is -0.00000102. The fraction of sp³-hybridized carbons (Fsp3) is 0.300. The van der Waals surface area contributed by atoms with Crippen LogP contribution in [0.1, 0.15) is 34.6 Å². The van der Waals surface area contributed by atoms with E-state index in [1.807, 2.05) is 46.8 Å². The molecule has 136 valence electrons. The highest BCUT2D eigenvalue weighted by molar-refractivity contribution is 5.42. The van der Waals surface area contributed by atoms with Crippen LogP contribution >= 0.6 is 0 Å². The maximum atomic E-state index is 8.45. The molecule has 0 bridgehead atoms. The topological polar surface area (TPSA) is 50.7 Å². The second-order valence-corrected chi connectivity index (χ2v) is 3.62. The van der Waals surface area contributed by atoms with E-state index in [2.05, 4.69) is 19.7 Å². The van der Waals surface area contributed by atoms with Crippen LogP contribution in [0.2, 0.25) is 0 Å². The number of hydrogen-bond acceptors (Lipinski definition) is 4. The molecular formula is C20H33NO3. The molecule has 0 aliphatic rings. The van der Waals surface area contributed by atoms with Gasteiger partial charge in [0, 0.05) is 0 Å². The molecule has 0 aliphatic heterocycles. The molecule has 0 unspecified atom stereocenters. The molecule has 0 heterocycles. The van der Waals surface area contributed by atoms with Gasteiger partial charge in [-0.05, 0) is 48.0 Å². The molecule has 0 saturated carbocycles. The number of ether oxygens (including phenoxy) is 1. The zero-order valence-corrected chi connectivity index (χ0v) is 15.9. The average molecular weight is 335 g/mol. The van der Waals surface area contributed by atoms with Gasteiger partial charge in [-0.25, -0.2) is 0 Å². The van der Waals surface area contributed by atoms with E-state index < -0.39 is 0 Å². The fourth-order valence-corrected chi connectivity index (χ4v) is 1.25. The van der Waals surface area contributed by atoms with Crippen molar-refractivity contribution in [2.75, 3.05) is 7.11 Å². The van der Waals surface area contributed by atoms with E-state index in [9.17, 15) is 0 Å². The van der Waals surface area contributed by atoms with Crippen LogP contribution in [0.4, 0.5) is 0 Å². The minimum absolute atomic E-state index is 0.384. The van der Waals surface area contributed by atoms with Crippen LogP contribution in [-0.2, 0) is 9.57 Å². The molecule has 0 rings (SSSR count). The monoisotopic (exact) mass is 335 g/mol. The highest BCUT2D eigenvalue weighted by Crippen LogP contribution is 2.12. The number of rotatable bonds is 9. The standard InChI is InChI=1S/C16H21NO3.2C2H6/c1-6-14(10-12-15(7-2)19-5)13(4)9-11-16(8-3)20-17-18;2*1-2/h6-12,17-18H,1-3H2,4-5H3;2*1-2H3/b13-9+,14-10+,15-12+,16-11+;;. The molecule has 0 atom stereocenters. The van der Waals surface area contributed by atoms with Crippen LogP contribution in [0.25, 0.3) is 0 Å². The van der Waals surface area contributed by atoms with Crippen molar-refractivity contribution in [2.24, 2.45) is 0 Å². The van der Waals surface area contributed by atoms with Gasteiger partial charge in [-0.2, -0.15) is 0 Å². The Labute approximate surface area is 147 Å². The summed E-state index contributed by atoms with van der Waals surface area (Å²) in [6.07, 6.45) is 12.0. The minimum atomic E-state index is 0.384. The summed E-state index contributed by atoms with van der Waals surface area (Å²) in [5.41, 5.74) is 3.47. The summed E-state index contributed by atoms with van der Waals surface area (Å²) in [6, 6.07) is 0. The Kier molecular flexibility index (Phi) is 22.9. The van der Waals surface area contributed by atoms with Gasteiger partial charge in [0.2, 0.25) is 0 Å². The quantitative estimate of drug-likeness (QED) is 0.318. The van der Waals surface area contributed by atoms with Gasteiger partial charge in [-0.1, -0.05) is 65.7 Å². The van der Waals surface area contributed by atoms with Crippen LogP contribution < -0.4 is 5.64 Å². The van der Waals surface area contributed by atoms with Gasteiger partial charge in [0.25, 0.3) is 0 Å². The Bertz CT molecular complexity index is 469. The normalized spacial score (nSPS) is 12.0. The van der Waals surface area contributed by atoms with Crippen molar-refractivity contribution in [3.05, 3.63) is 84.9 Å². The molecule has 0 fully saturated rings. The summed E-state index contributed by atoms with van der Waals surface area (Å²) < 4.78 is 5.09. The molecule has 0 aromatic rings. The molecule has 0 amide bonds. The van der Waals surface area contributed by atoms with E-state index >= 15 is 0 Å². The van der Waals surface area contributed by atoms with Gasteiger partial charge in [0.05, 0.1) is 7.11 Å². The van der Waals surface area contributed by atoms with Crippen molar-refractivity contribution in [3.63, 3.8) is 0 Å². The molecule has 2 N–H and O–H groups in total. The van der Waals surface area contributed by atoms with Gasteiger partial charge in [-0.3, -0.25) is 5.21 Å². The zero-order valence-electron chi connectivity index (χ0n) is 15.9. The zero-order chi connectivity index (χ0) is 19.4. The van der Waals surface area contributed by atoms with Gasteiger partial charge in [0.1, 0.15) is 11.5 Å². The Morgan fingerprint density at radius 2 is 1.33 bits per heavy atom. The summed E-state index contributed by atoms with van der Waals surface area (Å²) in [5, 5.41) is 8.45. The average Bonchev–Trinajstić information content (AvgIpc) is 2.65. The van der Waals surface area contributed by atoms with E-state index in [0.29, 0.717) is 11.5 Å². The molecule has 0 aromatic carbocycles. The molecule has 4 heteroatoms. The summed E-state index contributed by atoms with van der Waals surface area (Å²) in [4.78, 5) is 4.70. The molecule has 0 saturated heterocycles. The first-order valence-electron chi connectivity index (χ1n) is 7.91. The lowest BCUT2D eigenvalue weighted by molar-refractivity contribution is -0.0880. The molecular weight excluding hydrogens is 302 g/mol. The predicted octanol–water partition coefficient (Wildman–Crippen LogP) is 5.79. The molecule has 4 nitrogen and oxygen atoms in total. The highest BCUT2D eigenvalue weighted by atomic mass is 16.8. The van der Waals surface area contributed by atoms with Crippen molar-refractivity contribution in [1.29, 1.82) is 0 Å². The molecule has 0 spiro atoms. The van der Waals surface area contributed by atoms with E-state index in [-0.39, 0.29) is 0 Å². The van der Waals surface area contributed by atoms with E-state index in [1.54, 1.807) is 37.1 Å². The summed E-state index contributed by atoms with van der Waals surface area (Å²) in [7, 11) is 1.58. The fourth-order valence-electron chi connectivity index (χ4n) is 1.25. The largest absolute Gasteiger partial charge is 0.497 e. The minimum Gasteiger partial charge on any atom is -0.497 e. The summed E-state index contributed by atoms with van der Waals surface area (Å²) in [5.74, 6) is 1.04. The summed E-state index contributed by atoms with van der Waals surface area (Å²) >= 11 is 0. The molecule has 0 radical (unpaired) electrons. The SMILES string of the molecule is C=C\C(=C/C=C(C=C)/C(C)=C/C=C(\C=C)ONO)OC.CC.CC. The lowest BCUT2D eigenvalue weighted by Crippen LogP contribution is -2.06. The van der Waals surface area contributed by atoms with Crippen molar-refractivity contribution in [3.8, 4) is 0 Å². The second kappa shape index (κ2) is 20.7. The lowest BCUT2D eigenvalue weighted by atomic mass is 10.1. The molecule has 0 aromatic heterocycles. The lowest BCUT2D eigenvalue weighted by Gasteiger charge is -2.03. The first kappa shape index (κ1) is 26.6. The van der Waals surface area contributed by atoms with E-state index in [1.165, 1.54) is 6.08 Å². The number of hydrogen-bond donors (Lipinski definition) is 2. The maximum Gasteiger partial charge on any atom is 0.149 e. The summed E-state index contributed by atoms with van der Waals surface area (Å²) in [6.45, 7) is 20.9. The van der Waals surface area contributed by atoms with Crippen LogP contribution in [0, 0.1) is 0 Å². The van der Waals surface area contributed by atoms with Crippen molar-refractivity contribution < 1.29 is 14.8 Å². The highest BCUT2D eigenvalue weighted by Gasteiger charge is 1.95. The smallest absolute Gasteiger partial charge is 0.149 e. The maximum absolute atomic E-state index is 8.45. The van der Waals surface area contributed by atoms with Crippen molar-refractivity contribution in [2.45, 2.75) is 34.6 Å². The van der Waals surface area contributed by atoms with Crippen LogP contribution in [-0.4, -0.2) is 12.3 Å². The predicted molar refractivity (Wildman–Crippen MR) is 104 cm³/mol. The molecule has 0 aliphatic carbocycles. The molecule has 24 heavy (non-hydrogen) atoms. The van der Waals surface area contributed by atoms with Crippen LogP contribution in [0.15, 0.2) is 84.9 Å². The van der Waals surface area contributed by atoms with E-state index in [0.717, 1.165) is 11.1 Å². The van der Waals surface area contributed by atoms with Crippen LogP contribution in [0.3, 0.4) is 0 Å². The van der Waals surface area contributed by atoms with E-state index in [4.69, 9.17) is 14.8 Å². The second-order valence-electron chi connectivity index (χ2n) is 3.62. The first-order valence-corrected chi connectivity index (χ1v) is 7.91. The van der Waals surface area contributed by atoms with Gasteiger partial charge in [-0.15, -0.1) is 0 Å². The number of methoxy groups -OCH3 is 1. The van der Waals surface area contributed by atoms with Crippen LogP contribution in [0.5, 0.6) is 0 Å². The Hall–Kier alpha value is -2.30.